The van der Waals surface area contributed by atoms with Gasteiger partial charge >= 0.3 is 0 Å². The number of hydrazine groups is 1. The van der Waals surface area contributed by atoms with E-state index in [-0.39, 0.29) is 16.8 Å². The van der Waals surface area contributed by atoms with Crippen LogP contribution in [0.1, 0.15) is 17.5 Å². The molecule has 0 aromatic heterocycles. The number of aryl methyl sites for hydroxylation is 2. The Morgan fingerprint density at radius 1 is 1.17 bits per heavy atom. The number of hydrogen-bond acceptors (Lipinski definition) is 3. The molecule has 0 bridgehead atoms. The second-order valence-electron chi connectivity index (χ2n) is 5.28. The molecule has 1 amide bonds. The number of carbonyl (C=O) groups excluding carboxylic acids is 1. The Bertz CT molecular complexity index is 735. The third-order valence-corrected chi connectivity index (χ3v) is 3.78. The summed E-state index contributed by atoms with van der Waals surface area (Å²) in [5.74, 6) is 0.0123. The van der Waals surface area contributed by atoms with Crippen molar-refractivity contribution >= 4 is 40.5 Å². The molecule has 0 radical (unpaired) electrons. The summed E-state index contributed by atoms with van der Waals surface area (Å²) in [6.45, 7) is 1.94. The number of phenols is 1. The first-order valence-electron chi connectivity index (χ1n) is 7.34. The Hall–Kier alpha value is -2.31. The van der Waals surface area contributed by atoms with Crippen molar-refractivity contribution in [2.45, 2.75) is 19.8 Å². The van der Waals surface area contributed by atoms with Gasteiger partial charge in [-0.15, -0.1) is 0 Å². The van der Waals surface area contributed by atoms with E-state index in [0.717, 1.165) is 11.1 Å². The van der Waals surface area contributed by atoms with Gasteiger partial charge in [-0.25, -0.2) is 0 Å². The number of benzene rings is 2. The Balaban J connectivity index is 1.74. The summed E-state index contributed by atoms with van der Waals surface area (Å²) in [5, 5.41) is 12.9. The average Bonchev–Trinajstić information content (AvgIpc) is 2.55. The lowest BCUT2D eigenvalue weighted by molar-refractivity contribution is -0.121. The van der Waals surface area contributed by atoms with Crippen molar-refractivity contribution in [3.63, 3.8) is 0 Å². The number of aromatic hydroxyl groups is 1. The highest BCUT2D eigenvalue weighted by Crippen LogP contribution is 2.22. The molecule has 7 heteroatoms. The zero-order chi connectivity index (χ0) is 17.5. The van der Waals surface area contributed by atoms with E-state index >= 15 is 0 Å². The van der Waals surface area contributed by atoms with E-state index in [1.54, 1.807) is 24.3 Å². The van der Waals surface area contributed by atoms with Gasteiger partial charge in [0.25, 0.3) is 0 Å². The molecule has 0 aliphatic carbocycles. The molecule has 0 spiro atoms. The van der Waals surface area contributed by atoms with Gasteiger partial charge < -0.3 is 10.4 Å². The molecule has 0 saturated heterocycles. The largest absolute Gasteiger partial charge is 0.508 e. The van der Waals surface area contributed by atoms with Crippen LogP contribution in [0.4, 0.5) is 5.69 Å². The minimum atomic E-state index is -0.192. The van der Waals surface area contributed by atoms with Crippen LogP contribution >= 0.6 is 23.8 Å². The fourth-order valence-electron chi connectivity index (χ4n) is 1.98. The van der Waals surface area contributed by atoms with Crippen LogP contribution in [0.15, 0.2) is 42.5 Å². The molecule has 0 atom stereocenters. The first kappa shape index (κ1) is 18.0. The minimum absolute atomic E-state index is 0.192. The summed E-state index contributed by atoms with van der Waals surface area (Å²) in [4.78, 5) is 11.8. The maximum Gasteiger partial charge on any atom is 0.238 e. The molecule has 0 heterocycles. The molecule has 2 aromatic rings. The van der Waals surface area contributed by atoms with Crippen molar-refractivity contribution in [2.24, 2.45) is 0 Å². The fraction of sp³-hybridized carbons (Fsp3) is 0.176. The molecule has 5 nitrogen and oxygen atoms in total. The van der Waals surface area contributed by atoms with Gasteiger partial charge in [-0.1, -0.05) is 29.8 Å². The van der Waals surface area contributed by atoms with Gasteiger partial charge in [-0.05, 0) is 61.0 Å². The molecule has 0 unspecified atom stereocenters. The van der Waals surface area contributed by atoms with E-state index in [0.29, 0.717) is 23.6 Å². The van der Waals surface area contributed by atoms with E-state index < -0.39 is 0 Å². The van der Waals surface area contributed by atoms with E-state index in [9.17, 15) is 9.90 Å². The van der Waals surface area contributed by atoms with Crippen LogP contribution in [0.2, 0.25) is 5.02 Å². The molecular weight excluding hydrogens is 346 g/mol. The lowest BCUT2D eigenvalue weighted by Crippen LogP contribution is -2.43. The van der Waals surface area contributed by atoms with Crippen molar-refractivity contribution in [1.82, 2.24) is 10.9 Å². The Labute approximate surface area is 151 Å². The number of nitrogens with one attached hydrogen (secondary N) is 3. The van der Waals surface area contributed by atoms with Crippen LogP contribution in [0, 0.1) is 6.92 Å². The number of halogens is 1. The lowest BCUT2D eigenvalue weighted by Gasteiger charge is -2.13. The van der Waals surface area contributed by atoms with Crippen LogP contribution in [-0.4, -0.2) is 16.1 Å². The number of thiocarbonyl (C=S) groups is 1. The summed E-state index contributed by atoms with van der Waals surface area (Å²) in [6.07, 6.45) is 0.865. The standard InChI is InChI=1S/C17H18ClN3O2S/c1-11-2-8-15(14(18)10-11)19-17(24)21-20-16(23)9-5-12-3-6-13(22)7-4-12/h2-4,6-8,10,22H,5,9H2,1H3,(H,20,23)(H2,19,21,24). The first-order valence-corrected chi connectivity index (χ1v) is 8.12. The SMILES string of the molecule is Cc1ccc(NC(=S)NNC(=O)CCc2ccc(O)cc2)c(Cl)c1. The highest BCUT2D eigenvalue weighted by atomic mass is 35.5. The number of amides is 1. The van der Waals surface area contributed by atoms with Crippen molar-refractivity contribution in [1.29, 1.82) is 0 Å². The maximum atomic E-state index is 11.8. The highest BCUT2D eigenvalue weighted by molar-refractivity contribution is 7.80. The van der Waals surface area contributed by atoms with E-state index in [4.69, 9.17) is 23.8 Å². The summed E-state index contributed by atoms with van der Waals surface area (Å²) < 4.78 is 0. The van der Waals surface area contributed by atoms with Gasteiger partial charge in [0, 0.05) is 6.42 Å². The van der Waals surface area contributed by atoms with Crippen molar-refractivity contribution in [3.05, 3.63) is 58.6 Å². The number of anilines is 1. The number of hydrogen-bond donors (Lipinski definition) is 4. The molecule has 126 valence electrons. The third-order valence-electron chi connectivity index (χ3n) is 3.27. The Morgan fingerprint density at radius 2 is 1.88 bits per heavy atom. The Morgan fingerprint density at radius 3 is 2.54 bits per heavy atom. The zero-order valence-corrected chi connectivity index (χ0v) is 14.7. The van der Waals surface area contributed by atoms with Gasteiger partial charge in [0.2, 0.25) is 5.91 Å². The quantitative estimate of drug-likeness (QED) is 0.495. The molecular formula is C17H18ClN3O2S. The Kier molecular flexibility index (Phi) is 6.40. The van der Waals surface area contributed by atoms with Crippen molar-refractivity contribution in [3.8, 4) is 5.75 Å². The summed E-state index contributed by atoms with van der Waals surface area (Å²) >= 11 is 11.2. The molecule has 2 rings (SSSR count). The maximum absolute atomic E-state index is 11.8. The molecule has 2 aromatic carbocycles. The molecule has 0 aliphatic heterocycles. The predicted molar refractivity (Wildman–Crippen MR) is 100 cm³/mol. The lowest BCUT2D eigenvalue weighted by atomic mass is 10.1. The third kappa shape index (κ3) is 5.72. The second-order valence-corrected chi connectivity index (χ2v) is 6.09. The van der Waals surface area contributed by atoms with Crippen LogP contribution in [0.25, 0.3) is 0 Å². The van der Waals surface area contributed by atoms with Crippen molar-refractivity contribution in [2.75, 3.05) is 5.32 Å². The monoisotopic (exact) mass is 363 g/mol. The molecule has 0 fully saturated rings. The minimum Gasteiger partial charge on any atom is -0.508 e. The van der Waals surface area contributed by atoms with E-state index in [2.05, 4.69) is 16.2 Å². The van der Waals surface area contributed by atoms with Crippen LogP contribution in [0.5, 0.6) is 5.75 Å². The molecule has 0 saturated carbocycles. The normalized spacial score (nSPS) is 10.1. The average molecular weight is 364 g/mol. The van der Waals surface area contributed by atoms with Gasteiger partial charge in [0.1, 0.15) is 5.75 Å². The van der Waals surface area contributed by atoms with E-state index in [1.807, 2.05) is 25.1 Å². The summed E-state index contributed by atoms with van der Waals surface area (Å²) in [6, 6.07) is 12.3. The van der Waals surface area contributed by atoms with Gasteiger partial charge in [-0.2, -0.15) is 0 Å². The number of rotatable bonds is 4. The van der Waals surface area contributed by atoms with Crippen LogP contribution in [-0.2, 0) is 11.2 Å². The number of phenolic OH excluding ortho intramolecular Hbond substituents is 1. The molecule has 24 heavy (non-hydrogen) atoms. The topological polar surface area (TPSA) is 73.4 Å². The van der Waals surface area contributed by atoms with Gasteiger partial charge in [-0.3, -0.25) is 15.6 Å². The summed E-state index contributed by atoms with van der Waals surface area (Å²) in [5.41, 5.74) is 7.85. The van der Waals surface area contributed by atoms with Crippen molar-refractivity contribution < 1.29 is 9.90 Å². The van der Waals surface area contributed by atoms with Crippen LogP contribution in [0.3, 0.4) is 0 Å². The first-order chi connectivity index (χ1) is 11.4. The predicted octanol–water partition coefficient (Wildman–Crippen LogP) is 3.30. The van der Waals surface area contributed by atoms with E-state index in [1.165, 1.54) is 0 Å². The zero-order valence-electron chi connectivity index (χ0n) is 13.1. The summed E-state index contributed by atoms with van der Waals surface area (Å²) in [7, 11) is 0. The molecule has 0 aliphatic rings. The smallest absolute Gasteiger partial charge is 0.238 e. The van der Waals surface area contributed by atoms with Crippen LogP contribution < -0.4 is 16.2 Å². The van der Waals surface area contributed by atoms with Gasteiger partial charge in [0.15, 0.2) is 5.11 Å². The van der Waals surface area contributed by atoms with Gasteiger partial charge in [0.05, 0.1) is 10.7 Å². The number of carbonyl (C=O) groups is 1. The fourth-order valence-corrected chi connectivity index (χ4v) is 2.43. The highest BCUT2D eigenvalue weighted by Gasteiger charge is 2.05. The molecule has 4 N–H and O–H groups in total. The second kappa shape index (κ2) is 8.52.